The van der Waals surface area contributed by atoms with Gasteiger partial charge in [-0.3, -0.25) is 0 Å². The number of hydrogen-bond donors (Lipinski definition) is 0. The quantitative estimate of drug-likeness (QED) is 0.185. The lowest BCUT2D eigenvalue weighted by molar-refractivity contribution is 0.669. The maximum atomic E-state index is 6.42. The molecule has 0 saturated carbocycles. The minimum absolute atomic E-state index is 0.601. The molecule has 0 unspecified atom stereocenters. The summed E-state index contributed by atoms with van der Waals surface area (Å²) in [5.41, 5.74) is 8.86. The monoisotopic (exact) mass is 657 g/mol. The van der Waals surface area contributed by atoms with Crippen LogP contribution in [0.2, 0.25) is 0 Å². The number of para-hydroxylation sites is 1. The van der Waals surface area contributed by atoms with Crippen LogP contribution in [0.1, 0.15) is 0 Å². The van der Waals surface area contributed by atoms with Crippen LogP contribution in [0.15, 0.2) is 168 Å². The van der Waals surface area contributed by atoms with Gasteiger partial charge in [-0.1, -0.05) is 133 Å². The Bertz CT molecular complexity index is 2860. The molecule has 0 radical (unpaired) electrons. The summed E-state index contributed by atoms with van der Waals surface area (Å²) in [6.07, 6.45) is 0. The number of hydrogen-bond acceptors (Lipinski definition) is 5. The fraction of sp³-hybridized carbons (Fsp3) is 0. The van der Waals surface area contributed by atoms with Crippen LogP contribution in [0.25, 0.3) is 98.5 Å². The van der Waals surface area contributed by atoms with Crippen molar-refractivity contribution in [2.75, 3.05) is 0 Å². The highest BCUT2D eigenvalue weighted by atomic mass is 32.1. The summed E-state index contributed by atoms with van der Waals surface area (Å²) >= 11 is 1.79. The normalized spacial score (nSPS) is 11.6. The lowest BCUT2D eigenvalue weighted by atomic mass is 9.93. The van der Waals surface area contributed by atoms with Gasteiger partial charge < -0.3 is 4.42 Å². The molecule has 0 aliphatic carbocycles. The third kappa shape index (κ3) is 4.79. The number of rotatable bonds is 5. The second-order valence-electron chi connectivity index (χ2n) is 12.4. The number of furan rings is 1. The highest BCUT2D eigenvalue weighted by Crippen LogP contribution is 2.43. The van der Waals surface area contributed by atoms with Crippen molar-refractivity contribution in [2.24, 2.45) is 0 Å². The molecule has 0 atom stereocenters. The van der Waals surface area contributed by atoms with Crippen LogP contribution < -0.4 is 0 Å². The first-order valence-electron chi connectivity index (χ1n) is 16.6. The van der Waals surface area contributed by atoms with Crippen LogP contribution in [0.4, 0.5) is 0 Å². The van der Waals surface area contributed by atoms with E-state index in [2.05, 4.69) is 127 Å². The molecule has 0 saturated heterocycles. The molecular weight excluding hydrogens is 631 g/mol. The molecule has 0 fully saturated rings. The number of thiophene rings is 1. The largest absolute Gasteiger partial charge is 0.456 e. The summed E-state index contributed by atoms with van der Waals surface area (Å²) in [5, 5.41) is 4.51. The van der Waals surface area contributed by atoms with Crippen LogP contribution >= 0.6 is 11.3 Å². The summed E-state index contributed by atoms with van der Waals surface area (Å²) in [5.74, 6) is 1.85. The standard InChI is InChI=1S/C45H27N3OS/c1-3-11-28(12-4-1)29-19-21-30(22-20-29)33-25-26-38-41(36-16-7-9-17-37(36)49-38)42(33)45-47-43(31-13-5-2-6-14-31)46-44(48-45)32-23-24-35-34-15-8-10-18-39(34)50-40(35)27-32/h1-27H. The molecule has 50 heavy (non-hydrogen) atoms. The first kappa shape index (κ1) is 28.6. The predicted molar refractivity (Wildman–Crippen MR) is 207 cm³/mol. The summed E-state index contributed by atoms with van der Waals surface area (Å²) in [7, 11) is 0. The van der Waals surface area contributed by atoms with Crippen molar-refractivity contribution in [1.29, 1.82) is 0 Å². The van der Waals surface area contributed by atoms with E-state index in [0.717, 1.165) is 55.3 Å². The Kier molecular flexibility index (Phi) is 6.64. The molecule has 0 aliphatic heterocycles. The second-order valence-corrected chi connectivity index (χ2v) is 13.5. The van der Waals surface area contributed by atoms with E-state index in [1.807, 2.05) is 36.4 Å². The molecule has 10 aromatic rings. The summed E-state index contributed by atoms with van der Waals surface area (Å²) in [4.78, 5) is 15.6. The third-order valence-electron chi connectivity index (χ3n) is 9.37. The van der Waals surface area contributed by atoms with Crippen molar-refractivity contribution < 1.29 is 4.42 Å². The topological polar surface area (TPSA) is 51.8 Å². The van der Waals surface area contributed by atoms with Crippen molar-refractivity contribution in [3.8, 4) is 56.4 Å². The van der Waals surface area contributed by atoms with Gasteiger partial charge in [0, 0.05) is 47.6 Å². The van der Waals surface area contributed by atoms with Gasteiger partial charge in [0.25, 0.3) is 0 Å². The zero-order valence-corrected chi connectivity index (χ0v) is 27.6. The van der Waals surface area contributed by atoms with Gasteiger partial charge in [0.1, 0.15) is 11.2 Å². The Labute approximate surface area is 292 Å². The molecular formula is C45H27N3OS. The summed E-state index contributed by atoms with van der Waals surface area (Å²) in [6.45, 7) is 0. The third-order valence-corrected chi connectivity index (χ3v) is 10.5. The Balaban J connectivity index is 1.24. The molecule has 4 nitrogen and oxygen atoms in total. The molecule has 0 bridgehead atoms. The van der Waals surface area contributed by atoms with Crippen molar-refractivity contribution in [3.05, 3.63) is 164 Å². The minimum atomic E-state index is 0.601. The molecule has 0 N–H and O–H groups in total. The van der Waals surface area contributed by atoms with Gasteiger partial charge >= 0.3 is 0 Å². The van der Waals surface area contributed by atoms with Crippen LogP contribution in [0.5, 0.6) is 0 Å². The van der Waals surface area contributed by atoms with Gasteiger partial charge in [0.2, 0.25) is 0 Å². The summed E-state index contributed by atoms with van der Waals surface area (Å²) < 4.78 is 8.89. The molecule has 0 spiro atoms. The molecule has 0 amide bonds. The van der Waals surface area contributed by atoms with E-state index in [4.69, 9.17) is 19.4 Å². The van der Waals surface area contributed by atoms with Gasteiger partial charge in [0.05, 0.1) is 0 Å². The first-order valence-corrected chi connectivity index (χ1v) is 17.4. The Hall–Kier alpha value is -6.43. The van der Waals surface area contributed by atoms with Crippen LogP contribution in [0.3, 0.4) is 0 Å². The van der Waals surface area contributed by atoms with Crippen molar-refractivity contribution >= 4 is 53.4 Å². The average Bonchev–Trinajstić information content (AvgIpc) is 3.76. The van der Waals surface area contributed by atoms with E-state index in [0.29, 0.717) is 17.5 Å². The Morgan fingerprint density at radius 1 is 0.380 bits per heavy atom. The van der Waals surface area contributed by atoms with Gasteiger partial charge in [0.15, 0.2) is 17.5 Å². The highest BCUT2D eigenvalue weighted by Gasteiger charge is 2.22. The zero-order chi connectivity index (χ0) is 33.0. The molecule has 3 aromatic heterocycles. The predicted octanol–water partition coefficient (Wildman–Crippen LogP) is 12.5. The van der Waals surface area contributed by atoms with E-state index in [1.54, 1.807) is 11.3 Å². The maximum Gasteiger partial charge on any atom is 0.165 e. The lowest BCUT2D eigenvalue weighted by Gasteiger charge is -2.14. The number of aromatic nitrogens is 3. The van der Waals surface area contributed by atoms with Crippen molar-refractivity contribution in [3.63, 3.8) is 0 Å². The van der Waals surface area contributed by atoms with E-state index >= 15 is 0 Å². The van der Waals surface area contributed by atoms with Gasteiger partial charge in [-0.15, -0.1) is 11.3 Å². The number of benzene rings is 7. The van der Waals surface area contributed by atoms with Gasteiger partial charge in [-0.2, -0.15) is 0 Å². The molecule has 0 aliphatic rings. The minimum Gasteiger partial charge on any atom is -0.456 e. The van der Waals surface area contributed by atoms with Crippen LogP contribution in [-0.4, -0.2) is 15.0 Å². The fourth-order valence-electron chi connectivity index (χ4n) is 6.96. The fourth-order valence-corrected chi connectivity index (χ4v) is 8.11. The van der Waals surface area contributed by atoms with E-state index in [1.165, 1.54) is 25.7 Å². The van der Waals surface area contributed by atoms with Gasteiger partial charge in [-0.05, 0) is 52.6 Å². The van der Waals surface area contributed by atoms with Crippen molar-refractivity contribution in [2.45, 2.75) is 0 Å². The Morgan fingerprint density at radius 2 is 0.960 bits per heavy atom. The van der Waals surface area contributed by atoms with Crippen molar-refractivity contribution in [1.82, 2.24) is 15.0 Å². The maximum absolute atomic E-state index is 6.42. The number of nitrogens with zero attached hydrogens (tertiary/aromatic N) is 3. The highest BCUT2D eigenvalue weighted by molar-refractivity contribution is 7.25. The zero-order valence-electron chi connectivity index (χ0n) is 26.7. The molecule has 5 heteroatoms. The van der Waals surface area contributed by atoms with E-state index < -0.39 is 0 Å². The second kappa shape index (κ2) is 11.6. The summed E-state index contributed by atoms with van der Waals surface area (Å²) in [6, 6.07) is 56.8. The molecule has 234 valence electrons. The van der Waals surface area contributed by atoms with E-state index in [9.17, 15) is 0 Å². The number of fused-ring (bicyclic) bond motifs is 6. The average molecular weight is 658 g/mol. The van der Waals surface area contributed by atoms with E-state index in [-0.39, 0.29) is 0 Å². The first-order chi connectivity index (χ1) is 24.8. The van der Waals surface area contributed by atoms with Crippen LogP contribution in [-0.2, 0) is 0 Å². The molecule has 10 rings (SSSR count). The smallest absolute Gasteiger partial charge is 0.165 e. The lowest BCUT2D eigenvalue weighted by Crippen LogP contribution is -2.01. The SMILES string of the molecule is c1ccc(-c2ccc(-c3ccc4oc5ccccc5c4c3-c3nc(-c4ccccc4)nc(-c4ccc5c(c4)sc4ccccc45)n3)cc2)cc1. The van der Waals surface area contributed by atoms with Crippen LogP contribution in [0, 0.1) is 0 Å². The van der Waals surface area contributed by atoms with Gasteiger partial charge in [-0.25, -0.2) is 15.0 Å². The molecule has 7 aromatic carbocycles. The Morgan fingerprint density at radius 3 is 1.76 bits per heavy atom. The molecule has 3 heterocycles.